The fourth-order valence-electron chi connectivity index (χ4n) is 3.88. The van der Waals surface area contributed by atoms with E-state index >= 15 is 0 Å². The molecule has 0 atom stereocenters. The second-order valence-electron chi connectivity index (χ2n) is 7.36. The Morgan fingerprint density at radius 2 is 1.13 bits per heavy atom. The van der Waals surface area contributed by atoms with Crippen molar-refractivity contribution in [1.82, 2.24) is 0 Å². The van der Waals surface area contributed by atoms with Crippen LogP contribution in [0.5, 0.6) is 0 Å². The van der Waals surface area contributed by atoms with Crippen molar-refractivity contribution >= 4 is 23.7 Å². The van der Waals surface area contributed by atoms with Crippen molar-refractivity contribution in [2.24, 2.45) is 0 Å². The van der Waals surface area contributed by atoms with E-state index in [1.54, 1.807) is 0 Å². The van der Waals surface area contributed by atoms with E-state index in [9.17, 15) is 9.59 Å². The summed E-state index contributed by atoms with van der Waals surface area (Å²) < 4.78 is 9.92. The van der Waals surface area contributed by atoms with Crippen molar-refractivity contribution in [2.75, 3.05) is 5.75 Å². The van der Waals surface area contributed by atoms with E-state index < -0.39 is 18.2 Å². The Morgan fingerprint density at radius 1 is 0.710 bits per heavy atom. The topological polar surface area (TPSA) is 52.6 Å². The maximum absolute atomic E-state index is 11.5. The van der Waals surface area contributed by atoms with Gasteiger partial charge in [0.25, 0.3) is 0 Å². The average molecular weight is 433 g/mol. The molecule has 1 heterocycles. The van der Waals surface area contributed by atoms with Gasteiger partial charge in [-0.3, -0.25) is 9.59 Å². The zero-order valence-corrected chi connectivity index (χ0v) is 17.9. The van der Waals surface area contributed by atoms with E-state index in [0.29, 0.717) is 6.42 Å². The minimum absolute atomic E-state index is 0.301. The summed E-state index contributed by atoms with van der Waals surface area (Å²) in [6.45, 7) is 0. The van der Waals surface area contributed by atoms with Gasteiger partial charge in [-0.15, -0.1) is 11.8 Å². The van der Waals surface area contributed by atoms with E-state index in [1.165, 1.54) is 16.7 Å². The predicted octanol–water partition coefficient (Wildman–Crippen LogP) is 5.31. The van der Waals surface area contributed by atoms with Gasteiger partial charge in [0.05, 0.1) is 4.75 Å². The number of carbonyl (C=O) groups excluding carboxylic acids is 2. The predicted molar refractivity (Wildman–Crippen MR) is 121 cm³/mol. The minimum atomic E-state index is -0.783. The van der Waals surface area contributed by atoms with E-state index in [2.05, 4.69) is 72.8 Å². The molecule has 31 heavy (non-hydrogen) atoms. The zero-order chi connectivity index (χ0) is 21.5. The van der Waals surface area contributed by atoms with Crippen molar-refractivity contribution < 1.29 is 19.1 Å². The fourth-order valence-corrected chi connectivity index (χ4v) is 5.41. The lowest BCUT2D eigenvalue weighted by atomic mass is 9.84. The Kier molecular flexibility index (Phi) is 6.73. The number of benzene rings is 3. The lowest BCUT2D eigenvalue weighted by Crippen LogP contribution is -2.32. The SMILES string of the molecule is O=C1CC(=O)OC(CCCSC(c2ccccc2)(c2ccccc2)c2ccccc2)O1. The van der Waals surface area contributed by atoms with E-state index in [1.807, 2.05) is 30.0 Å². The molecule has 4 nitrogen and oxygen atoms in total. The standard InChI is InChI=1S/C26H24O4S/c27-23-19-24(28)30-25(29-23)17-10-18-31-26(20-11-4-1-5-12-20,21-13-6-2-7-14-21)22-15-8-3-9-16-22/h1-9,11-16,25H,10,17-19H2. The summed E-state index contributed by atoms with van der Waals surface area (Å²) in [4.78, 5) is 23.0. The van der Waals surface area contributed by atoms with Gasteiger partial charge in [-0.2, -0.15) is 0 Å². The molecule has 3 aromatic rings. The molecular weight excluding hydrogens is 408 g/mol. The van der Waals surface area contributed by atoms with Gasteiger partial charge in [0.15, 0.2) is 0 Å². The molecule has 1 aliphatic rings. The molecule has 0 bridgehead atoms. The van der Waals surface area contributed by atoms with Crippen molar-refractivity contribution in [3.63, 3.8) is 0 Å². The van der Waals surface area contributed by atoms with Crippen LogP contribution in [0.3, 0.4) is 0 Å². The number of hydrogen-bond donors (Lipinski definition) is 0. The maximum Gasteiger partial charge on any atom is 0.320 e. The number of ether oxygens (including phenoxy) is 2. The van der Waals surface area contributed by atoms with Gasteiger partial charge in [0.1, 0.15) is 6.42 Å². The highest BCUT2D eigenvalue weighted by Crippen LogP contribution is 2.48. The Hall–Kier alpha value is -3.05. The molecule has 0 N–H and O–H groups in total. The summed E-state index contributed by atoms with van der Waals surface area (Å²) in [6, 6.07) is 31.5. The molecule has 158 valence electrons. The Balaban J connectivity index is 1.61. The number of esters is 2. The molecule has 0 aliphatic carbocycles. The van der Waals surface area contributed by atoms with Crippen LogP contribution >= 0.6 is 11.8 Å². The smallest absolute Gasteiger partial charge is 0.320 e. The molecule has 5 heteroatoms. The van der Waals surface area contributed by atoms with Gasteiger partial charge in [-0.25, -0.2) is 0 Å². The van der Waals surface area contributed by atoms with Crippen LogP contribution in [0.25, 0.3) is 0 Å². The molecular formula is C26H24O4S. The lowest BCUT2D eigenvalue weighted by molar-refractivity contribution is -0.203. The van der Waals surface area contributed by atoms with Crippen molar-refractivity contribution in [1.29, 1.82) is 0 Å². The molecule has 0 unspecified atom stereocenters. The monoisotopic (exact) mass is 432 g/mol. The van der Waals surface area contributed by atoms with Crippen LogP contribution in [0.15, 0.2) is 91.0 Å². The number of hydrogen-bond acceptors (Lipinski definition) is 5. The summed E-state index contributed by atoms with van der Waals surface area (Å²) in [5, 5.41) is 0. The van der Waals surface area contributed by atoms with Gasteiger partial charge in [-0.1, -0.05) is 91.0 Å². The highest BCUT2D eigenvalue weighted by Gasteiger charge is 2.37. The first-order valence-corrected chi connectivity index (χ1v) is 11.4. The third kappa shape index (κ3) is 4.83. The second-order valence-corrected chi connectivity index (χ2v) is 8.67. The normalized spacial score (nSPS) is 14.7. The van der Waals surface area contributed by atoms with Crippen molar-refractivity contribution in [3.8, 4) is 0 Å². The van der Waals surface area contributed by atoms with Crippen LogP contribution in [-0.4, -0.2) is 24.0 Å². The third-order valence-electron chi connectivity index (χ3n) is 5.26. The minimum Gasteiger partial charge on any atom is -0.425 e. The van der Waals surface area contributed by atoms with Crippen LogP contribution < -0.4 is 0 Å². The summed E-state index contributed by atoms with van der Waals surface area (Å²) in [5.74, 6) is -0.230. The van der Waals surface area contributed by atoms with Crippen LogP contribution in [0.2, 0.25) is 0 Å². The van der Waals surface area contributed by atoms with Crippen LogP contribution in [-0.2, 0) is 23.8 Å². The van der Waals surface area contributed by atoms with Crippen LogP contribution in [0.1, 0.15) is 36.0 Å². The summed E-state index contributed by atoms with van der Waals surface area (Å²) >= 11 is 1.84. The Morgan fingerprint density at radius 3 is 1.55 bits per heavy atom. The van der Waals surface area contributed by atoms with Crippen molar-refractivity contribution in [2.45, 2.75) is 30.3 Å². The Labute approximate surface area is 186 Å². The molecule has 1 saturated heterocycles. The first-order chi connectivity index (χ1) is 15.2. The zero-order valence-electron chi connectivity index (χ0n) is 17.1. The number of cyclic esters (lactones) is 2. The summed E-state index contributed by atoms with van der Waals surface area (Å²) in [6.07, 6.45) is 0.141. The van der Waals surface area contributed by atoms with E-state index in [0.717, 1.165) is 12.2 Å². The fraction of sp³-hybridized carbons (Fsp3) is 0.231. The van der Waals surface area contributed by atoms with E-state index in [4.69, 9.17) is 9.47 Å². The van der Waals surface area contributed by atoms with E-state index in [-0.39, 0.29) is 11.2 Å². The molecule has 1 fully saturated rings. The van der Waals surface area contributed by atoms with Gasteiger partial charge in [-0.05, 0) is 28.9 Å². The van der Waals surface area contributed by atoms with Gasteiger partial charge in [0, 0.05) is 6.42 Å². The number of carbonyl (C=O) groups is 2. The number of rotatable bonds is 8. The maximum atomic E-state index is 11.5. The summed E-state index contributed by atoms with van der Waals surface area (Å²) in [5.41, 5.74) is 3.61. The lowest BCUT2D eigenvalue weighted by Gasteiger charge is -2.35. The molecule has 0 aromatic heterocycles. The molecule has 0 saturated carbocycles. The quantitative estimate of drug-likeness (QED) is 0.209. The molecule has 1 aliphatic heterocycles. The molecule has 4 rings (SSSR count). The largest absolute Gasteiger partial charge is 0.425 e. The number of thioether (sulfide) groups is 1. The average Bonchev–Trinajstić information content (AvgIpc) is 2.80. The molecule has 0 amide bonds. The van der Waals surface area contributed by atoms with Gasteiger partial charge >= 0.3 is 11.9 Å². The van der Waals surface area contributed by atoms with Gasteiger partial charge < -0.3 is 9.47 Å². The Bertz CT molecular complexity index is 893. The second kappa shape index (κ2) is 9.84. The molecule has 0 radical (unpaired) electrons. The highest BCUT2D eigenvalue weighted by atomic mass is 32.2. The first-order valence-electron chi connectivity index (χ1n) is 10.4. The highest BCUT2D eigenvalue weighted by molar-refractivity contribution is 8.00. The van der Waals surface area contributed by atoms with Gasteiger partial charge in [0.2, 0.25) is 6.29 Å². The molecule has 0 spiro atoms. The van der Waals surface area contributed by atoms with Crippen LogP contribution in [0, 0.1) is 0 Å². The first kappa shape index (κ1) is 21.2. The molecule has 3 aromatic carbocycles. The third-order valence-corrected chi connectivity index (χ3v) is 6.89. The van der Waals surface area contributed by atoms with Crippen LogP contribution in [0.4, 0.5) is 0 Å². The summed E-state index contributed by atoms with van der Waals surface area (Å²) in [7, 11) is 0. The van der Waals surface area contributed by atoms with Crippen molar-refractivity contribution in [3.05, 3.63) is 108 Å².